The maximum absolute atomic E-state index is 12.9. The normalized spacial score (nSPS) is 17.6. The smallest absolute Gasteiger partial charge is 0.309 e. The number of esters is 1. The zero-order valence-corrected chi connectivity index (χ0v) is 23.2. The van der Waals surface area contributed by atoms with Gasteiger partial charge in [0.25, 0.3) is 0 Å². The maximum atomic E-state index is 12.9. The molecule has 0 spiro atoms. The number of hydrogen-bond donors (Lipinski definition) is 0. The van der Waals surface area contributed by atoms with Gasteiger partial charge in [0, 0.05) is 4.47 Å². The van der Waals surface area contributed by atoms with Crippen LogP contribution < -0.4 is 10.4 Å². The van der Waals surface area contributed by atoms with Crippen molar-refractivity contribution in [1.82, 2.24) is 0 Å². The Labute approximate surface area is 213 Å². The summed E-state index contributed by atoms with van der Waals surface area (Å²) in [4.78, 5) is 12.9. The van der Waals surface area contributed by atoms with Crippen molar-refractivity contribution in [3.8, 4) is 0 Å². The summed E-state index contributed by atoms with van der Waals surface area (Å²) in [5, 5.41) is 2.41. The van der Waals surface area contributed by atoms with Crippen molar-refractivity contribution < 1.29 is 14.0 Å². The number of carbonyl (C=O) groups excluding carboxylic acids is 1. The molecular formula is C29H33BrO3Si. The summed E-state index contributed by atoms with van der Waals surface area (Å²) in [6, 6.07) is 25.4. The quantitative estimate of drug-likeness (QED) is 0.299. The minimum absolute atomic E-state index is 0.0203. The van der Waals surface area contributed by atoms with Crippen LogP contribution in [0.2, 0.25) is 0 Å². The Hall–Kier alpha value is -2.21. The molecule has 0 aliphatic heterocycles. The summed E-state index contributed by atoms with van der Waals surface area (Å²) in [5.74, 6) is -0.208. The lowest BCUT2D eigenvalue weighted by Crippen LogP contribution is -2.50. The van der Waals surface area contributed by atoms with Crippen LogP contribution in [-0.4, -0.2) is 21.6 Å². The molecule has 0 bridgehead atoms. The molecule has 1 atom stereocenters. The monoisotopic (exact) mass is 536 g/mol. The van der Waals surface area contributed by atoms with E-state index in [1.54, 1.807) is 0 Å². The molecular weight excluding hydrogens is 504 g/mol. The van der Waals surface area contributed by atoms with Gasteiger partial charge >= 0.3 is 5.97 Å². The number of ether oxygens (including phenoxy) is 1. The fraction of sp³-hybridized carbons (Fsp3) is 0.345. The van der Waals surface area contributed by atoms with Crippen LogP contribution in [-0.2, 0) is 31.4 Å². The van der Waals surface area contributed by atoms with Crippen molar-refractivity contribution in [3.05, 3.63) is 94.0 Å². The predicted octanol–water partition coefficient (Wildman–Crippen LogP) is 5.40. The summed E-state index contributed by atoms with van der Waals surface area (Å²) >= 11 is 3.83. The third kappa shape index (κ3) is 5.22. The van der Waals surface area contributed by atoms with Crippen LogP contribution in [0.25, 0.3) is 0 Å². The van der Waals surface area contributed by atoms with Gasteiger partial charge in [0.1, 0.15) is 0 Å². The molecule has 0 amide bonds. The van der Waals surface area contributed by atoms with E-state index in [4.69, 9.17) is 9.16 Å². The highest BCUT2D eigenvalue weighted by atomic mass is 79.9. The van der Waals surface area contributed by atoms with E-state index >= 15 is 0 Å². The maximum Gasteiger partial charge on any atom is 0.309 e. The van der Waals surface area contributed by atoms with Crippen molar-refractivity contribution >= 4 is 41.3 Å². The number of hydrogen-bond acceptors (Lipinski definition) is 3. The van der Waals surface area contributed by atoms with Crippen molar-refractivity contribution in [1.29, 1.82) is 0 Å². The molecule has 3 aromatic carbocycles. The van der Waals surface area contributed by atoms with E-state index in [2.05, 4.69) is 97.4 Å². The molecule has 4 rings (SSSR count). The second-order valence-electron chi connectivity index (χ2n) is 10.0. The predicted molar refractivity (Wildman–Crippen MR) is 144 cm³/mol. The molecule has 0 saturated heterocycles. The minimum atomic E-state index is -2.09. The summed E-state index contributed by atoms with van der Waals surface area (Å²) in [6.07, 6.45) is 1.87. The second-order valence-corrected chi connectivity index (χ2v) is 13.2. The van der Waals surface area contributed by atoms with E-state index in [0.717, 1.165) is 22.9 Å². The average Bonchev–Trinajstić information content (AvgIpc) is 3.14. The molecule has 1 unspecified atom stereocenters. The molecule has 0 radical (unpaired) electrons. The standard InChI is InChI=1S/C29H33BrO3Si/c1-5-32-27(31)20-29(17-16-21-18-25(28(2,3)4)26(30)19-24(21)29)33-34(22-12-8-6-9-13-22)23-14-10-7-11-15-23/h6-15,18-19,34H,5,16-17,20H2,1-4H3. The van der Waals surface area contributed by atoms with Gasteiger partial charge in [-0.1, -0.05) is 103 Å². The zero-order chi connectivity index (χ0) is 24.3. The van der Waals surface area contributed by atoms with Crippen LogP contribution in [0.15, 0.2) is 77.3 Å². The highest BCUT2D eigenvalue weighted by molar-refractivity contribution is 9.10. The lowest BCUT2D eigenvalue weighted by atomic mass is 9.84. The molecule has 1 aliphatic rings. The lowest BCUT2D eigenvalue weighted by Gasteiger charge is -2.35. The Morgan fingerprint density at radius 2 is 1.59 bits per heavy atom. The number of rotatable bonds is 7. The van der Waals surface area contributed by atoms with E-state index in [-0.39, 0.29) is 17.8 Å². The van der Waals surface area contributed by atoms with Gasteiger partial charge in [-0.25, -0.2) is 0 Å². The first-order valence-electron chi connectivity index (χ1n) is 12.0. The van der Waals surface area contributed by atoms with Gasteiger partial charge in [-0.15, -0.1) is 0 Å². The number of benzene rings is 3. The molecule has 0 saturated carbocycles. The highest BCUT2D eigenvalue weighted by Gasteiger charge is 2.45. The Kier molecular flexibility index (Phi) is 7.46. The van der Waals surface area contributed by atoms with E-state index in [0.29, 0.717) is 6.61 Å². The topological polar surface area (TPSA) is 35.5 Å². The van der Waals surface area contributed by atoms with Gasteiger partial charge in [-0.2, -0.15) is 0 Å². The Morgan fingerprint density at radius 1 is 1.00 bits per heavy atom. The molecule has 1 aliphatic carbocycles. The van der Waals surface area contributed by atoms with Crippen LogP contribution in [0, 0.1) is 0 Å². The van der Waals surface area contributed by atoms with Crippen molar-refractivity contribution in [3.63, 3.8) is 0 Å². The summed E-state index contributed by atoms with van der Waals surface area (Å²) < 4.78 is 13.7. The fourth-order valence-electron chi connectivity index (χ4n) is 4.90. The molecule has 5 heteroatoms. The molecule has 178 valence electrons. The van der Waals surface area contributed by atoms with Crippen molar-refractivity contribution in [2.24, 2.45) is 0 Å². The second kappa shape index (κ2) is 10.2. The van der Waals surface area contributed by atoms with Crippen LogP contribution >= 0.6 is 15.9 Å². The minimum Gasteiger partial charge on any atom is -0.466 e. The Bertz CT molecular complexity index is 1100. The van der Waals surface area contributed by atoms with Crippen LogP contribution in [0.5, 0.6) is 0 Å². The SMILES string of the molecule is CCOC(=O)CC1(O[SiH](c2ccccc2)c2ccccc2)CCc2cc(C(C)(C)C)c(Br)cc21. The van der Waals surface area contributed by atoms with E-state index < -0.39 is 14.6 Å². The number of aryl methyl sites for hydroxylation is 1. The molecule has 0 aromatic heterocycles. The van der Waals surface area contributed by atoms with Crippen LogP contribution in [0.1, 0.15) is 57.2 Å². The summed E-state index contributed by atoms with van der Waals surface area (Å²) in [6.45, 7) is 8.90. The lowest BCUT2D eigenvalue weighted by molar-refractivity contribution is -0.148. The van der Waals surface area contributed by atoms with Crippen molar-refractivity contribution in [2.75, 3.05) is 6.61 Å². The van der Waals surface area contributed by atoms with E-state index in [1.165, 1.54) is 21.5 Å². The van der Waals surface area contributed by atoms with E-state index in [9.17, 15) is 4.79 Å². The molecule has 34 heavy (non-hydrogen) atoms. The third-order valence-corrected chi connectivity index (χ3v) is 9.90. The Morgan fingerprint density at radius 3 is 2.12 bits per heavy atom. The van der Waals surface area contributed by atoms with Gasteiger partial charge in [0.2, 0.25) is 9.04 Å². The number of carbonyl (C=O) groups is 1. The van der Waals surface area contributed by atoms with Crippen molar-refractivity contribution in [2.45, 2.75) is 58.0 Å². The first-order valence-corrected chi connectivity index (χ1v) is 14.4. The Balaban J connectivity index is 1.83. The molecule has 3 nitrogen and oxygen atoms in total. The van der Waals surface area contributed by atoms with Gasteiger partial charge in [0.05, 0.1) is 18.6 Å². The largest absolute Gasteiger partial charge is 0.466 e. The molecule has 0 N–H and O–H groups in total. The molecule has 3 aromatic rings. The van der Waals surface area contributed by atoms with Gasteiger partial charge in [-0.05, 0) is 58.3 Å². The fourth-order valence-corrected chi connectivity index (χ4v) is 8.42. The summed E-state index contributed by atoms with van der Waals surface area (Å²) in [5.41, 5.74) is 2.98. The third-order valence-electron chi connectivity index (χ3n) is 6.57. The molecule has 0 fully saturated rings. The zero-order valence-electron chi connectivity index (χ0n) is 20.4. The summed E-state index contributed by atoms with van der Waals surface area (Å²) in [7, 11) is -2.09. The first kappa shape index (κ1) is 24.9. The number of fused-ring (bicyclic) bond motifs is 1. The number of halogens is 1. The highest BCUT2D eigenvalue weighted by Crippen LogP contribution is 2.46. The van der Waals surface area contributed by atoms with Crippen LogP contribution in [0.3, 0.4) is 0 Å². The van der Waals surface area contributed by atoms with Gasteiger partial charge < -0.3 is 9.16 Å². The van der Waals surface area contributed by atoms with E-state index in [1.807, 2.05) is 19.1 Å². The van der Waals surface area contributed by atoms with Gasteiger partial charge in [0.15, 0.2) is 0 Å². The van der Waals surface area contributed by atoms with Gasteiger partial charge in [-0.3, -0.25) is 4.79 Å². The average molecular weight is 538 g/mol. The first-order chi connectivity index (χ1) is 16.2. The van der Waals surface area contributed by atoms with Crippen LogP contribution in [0.4, 0.5) is 0 Å². The molecule has 0 heterocycles.